The summed E-state index contributed by atoms with van der Waals surface area (Å²) in [5.41, 5.74) is 0.593. The fraction of sp³-hybridized carbons (Fsp3) is 0.357. The molecule has 106 valence electrons. The van der Waals surface area contributed by atoms with Gasteiger partial charge in [0.1, 0.15) is 6.04 Å². The fourth-order valence-corrected chi connectivity index (χ4v) is 2.04. The van der Waals surface area contributed by atoms with Gasteiger partial charge in [-0.15, -0.1) is 0 Å². The lowest BCUT2D eigenvalue weighted by molar-refractivity contribution is 0.0914. The Kier molecular flexibility index (Phi) is 4.54. The standard InChI is InChI=1S/C14H16BrN3O2/c1-8(2)12(14-16-9(3)18-20-14)17-13(19)10-4-6-11(15)7-5-10/h4-8,12H,1-3H3,(H,17,19)/t12-/m1/s1. The molecular formula is C14H16BrN3O2. The zero-order valence-electron chi connectivity index (χ0n) is 11.6. The number of nitrogens with one attached hydrogen (secondary N) is 1. The molecule has 0 unspecified atom stereocenters. The van der Waals surface area contributed by atoms with Gasteiger partial charge in [-0.25, -0.2) is 0 Å². The molecule has 1 N–H and O–H groups in total. The Bertz CT molecular complexity index is 593. The molecule has 0 aliphatic heterocycles. The molecule has 0 saturated carbocycles. The first-order valence-corrected chi connectivity index (χ1v) is 7.13. The van der Waals surface area contributed by atoms with Gasteiger partial charge in [-0.3, -0.25) is 4.79 Å². The van der Waals surface area contributed by atoms with Crippen LogP contribution < -0.4 is 5.32 Å². The van der Waals surface area contributed by atoms with E-state index in [9.17, 15) is 4.79 Å². The normalized spacial score (nSPS) is 12.4. The fourth-order valence-electron chi connectivity index (χ4n) is 1.78. The molecular weight excluding hydrogens is 322 g/mol. The van der Waals surface area contributed by atoms with E-state index >= 15 is 0 Å². The van der Waals surface area contributed by atoms with Crippen molar-refractivity contribution in [3.05, 3.63) is 46.0 Å². The van der Waals surface area contributed by atoms with Gasteiger partial charge in [-0.05, 0) is 37.1 Å². The molecule has 1 aromatic heterocycles. The van der Waals surface area contributed by atoms with Gasteiger partial charge in [0.25, 0.3) is 5.91 Å². The Balaban J connectivity index is 2.16. The molecule has 1 heterocycles. The van der Waals surface area contributed by atoms with Gasteiger partial charge in [-0.1, -0.05) is 34.9 Å². The van der Waals surface area contributed by atoms with Crippen LogP contribution in [0.3, 0.4) is 0 Å². The molecule has 0 bridgehead atoms. The highest BCUT2D eigenvalue weighted by Crippen LogP contribution is 2.21. The van der Waals surface area contributed by atoms with Crippen molar-refractivity contribution in [1.82, 2.24) is 15.5 Å². The van der Waals surface area contributed by atoms with Crippen LogP contribution in [-0.4, -0.2) is 16.0 Å². The Morgan fingerprint density at radius 2 is 1.95 bits per heavy atom. The summed E-state index contributed by atoms with van der Waals surface area (Å²) >= 11 is 3.34. The monoisotopic (exact) mass is 337 g/mol. The SMILES string of the molecule is Cc1noc([C@H](NC(=O)c2ccc(Br)cc2)C(C)C)n1. The van der Waals surface area contributed by atoms with Gasteiger partial charge in [0, 0.05) is 10.0 Å². The van der Waals surface area contributed by atoms with Crippen LogP contribution in [0.25, 0.3) is 0 Å². The minimum Gasteiger partial charge on any atom is -0.340 e. The second-order valence-electron chi connectivity index (χ2n) is 4.88. The number of aryl methyl sites for hydroxylation is 1. The van der Waals surface area contributed by atoms with Gasteiger partial charge < -0.3 is 9.84 Å². The van der Waals surface area contributed by atoms with Gasteiger partial charge in [-0.2, -0.15) is 4.98 Å². The number of aromatic nitrogens is 2. The molecule has 2 aromatic rings. The average molecular weight is 338 g/mol. The molecule has 1 amide bonds. The Morgan fingerprint density at radius 1 is 1.30 bits per heavy atom. The highest BCUT2D eigenvalue weighted by Gasteiger charge is 2.24. The number of halogens is 1. The maximum Gasteiger partial charge on any atom is 0.251 e. The molecule has 20 heavy (non-hydrogen) atoms. The van der Waals surface area contributed by atoms with Crippen LogP contribution in [0, 0.1) is 12.8 Å². The van der Waals surface area contributed by atoms with Crippen LogP contribution in [0.4, 0.5) is 0 Å². The molecule has 0 spiro atoms. The summed E-state index contributed by atoms with van der Waals surface area (Å²) in [5, 5.41) is 6.70. The van der Waals surface area contributed by atoms with E-state index in [-0.39, 0.29) is 17.9 Å². The Hall–Kier alpha value is -1.69. The maximum atomic E-state index is 12.2. The molecule has 0 radical (unpaired) electrons. The van der Waals surface area contributed by atoms with Crippen LogP contribution in [0.15, 0.2) is 33.3 Å². The van der Waals surface area contributed by atoms with Gasteiger partial charge in [0.15, 0.2) is 5.82 Å². The quantitative estimate of drug-likeness (QED) is 0.929. The third-order valence-electron chi connectivity index (χ3n) is 2.87. The summed E-state index contributed by atoms with van der Waals surface area (Å²) in [5.74, 6) is 0.979. The van der Waals surface area contributed by atoms with E-state index in [0.29, 0.717) is 17.3 Å². The molecule has 0 fully saturated rings. The molecule has 1 aromatic carbocycles. The van der Waals surface area contributed by atoms with Crippen molar-refractivity contribution < 1.29 is 9.32 Å². The summed E-state index contributed by atoms with van der Waals surface area (Å²) in [6, 6.07) is 6.88. The van der Waals surface area contributed by atoms with Crippen molar-refractivity contribution in [2.24, 2.45) is 5.92 Å². The van der Waals surface area contributed by atoms with E-state index in [1.54, 1.807) is 19.1 Å². The Labute approximate surface area is 125 Å². The van der Waals surface area contributed by atoms with Crippen molar-refractivity contribution in [3.8, 4) is 0 Å². The molecule has 0 saturated heterocycles. The third kappa shape index (κ3) is 3.45. The first-order valence-electron chi connectivity index (χ1n) is 6.34. The van der Waals surface area contributed by atoms with Crippen molar-refractivity contribution in [1.29, 1.82) is 0 Å². The van der Waals surface area contributed by atoms with Gasteiger partial charge in [0.05, 0.1) is 0 Å². The molecule has 5 nitrogen and oxygen atoms in total. The van der Waals surface area contributed by atoms with Crippen LogP contribution >= 0.6 is 15.9 Å². The topological polar surface area (TPSA) is 68.0 Å². The predicted octanol–water partition coefficient (Wildman–Crippen LogP) is 3.27. The molecule has 6 heteroatoms. The number of rotatable bonds is 4. The van der Waals surface area contributed by atoms with E-state index in [4.69, 9.17) is 4.52 Å². The number of hydrogen-bond donors (Lipinski definition) is 1. The van der Waals surface area contributed by atoms with Crippen LogP contribution in [0.1, 0.15) is 42.0 Å². The lowest BCUT2D eigenvalue weighted by Gasteiger charge is -2.18. The van der Waals surface area contributed by atoms with Crippen LogP contribution in [-0.2, 0) is 0 Å². The second-order valence-corrected chi connectivity index (χ2v) is 5.80. The summed E-state index contributed by atoms with van der Waals surface area (Å²) in [6.45, 7) is 5.74. The number of carbonyl (C=O) groups excluding carboxylic acids is 1. The minimum absolute atomic E-state index is 0.147. The largest absolute Gasteiger partial charge is 0.340 e. The summed E-state index contributed by atoms with van der Waals surface area (Å²) in [4.78, 5) is 16.4. The van der Waals surface area contributed by atoms with E-state index in [2.05, 4.69) is 31.4 Å². The molecule has 0 aliphatic carbocycles. The molecule has 2 rings (SSSR count). The maximum absolute atomic E-state index is 12.2. The van der Waals surface area contributed by atoms with Gasteiger partial charge >= 0.3 is 0 Å². The second kappa shape index (κ2) is 6.17. The van der Waals surface area contributed by atoms with E-state index in [1.165, 1.54) is 0 Å². The summed E-state index contributed by atoms with van der Waals surface area (Å²) < 4.78 is 6.09. The predicted molar refractivity (Wildman–Crippen MR) is 78.2 cm³/mol. The van der Waals surface area contributed by atoms with Crippen molar-refractivity contribution in [2.45, 2.75) is 26.8 Å². The number of hydrogen-bond acceptors (Lipinski definition) is 4. The smallest absolute Gasteiger partial charge is 0.251 e. The highest BCUT2D eigenvalue weighted by molar-refractivity contribution is 9.10. The number of nitrogens with zero attached hydrogens (tertiary/aromatic N) is 2. The van der Waals surface area contributed by atoms with E-state index in [0.717, 1.165) is 4.47 Å². The van der Waals surface area contributed by atoms with E-state index in [1.807, 2.05) is 26.0 Å². The highest BCUT2D eigenvalue weighted by atomic mass is 79.9. The average Bonchev–Trinajstić information content (AvgIpc) is 2.82. The number of amides is 1. The van der Waals surface area contributed by atoms with Crippen molar-refractivity contribution >= 4 is 21.8 Å². The first kappa shape index (κ1) is 14.7. The lowest BCUT2D eigenvalue weighted by Crippen LogP contribution is -2.32. The van der Waals surface area contributed by atoms with Crippen LogP contribution in [0.2, 0.25) is 0 Å². The minimum atomic E-state index is -0.299. The zero-order chi connectivity index (χ0) is 14.7. The van der Waals surface area contributed by atoms with E-state index < -0.39 is 0 Å². The summed E-state index contributed by atoms with van der Waals surface area (Å²) in [6.07, 6.45) is 0. The molecule has 0 aliphatic rings. The van der Waals surface area contributed by atoms with Crippen molar-refractivity contribution in [3.63, 3.8) is 0 Å². The van der Waals surface area contributed by atoms with Crippen molar-refractivity contribution in [2.75, 3.05) is 0 Å². The molecule has 1 atom stereocenters. The zero-order valence-corrected chi connectivity index (χ0v) is 13.1. The Morgan fingerprint density at radius 3 is 2.45 bits per heavy atom. The summed E-state index contributed by atoms with van der Waals surface area (Å²) in [7, 11) is 0. The lowest BCUT2D eigenvalue weighted by atomic mass is 10.0. The van der Waals surface area contributed by atoms with Gasteiger partial charge in [0.2, 0.25) is 5.89 Å². The third-order valence-corrected chi connectivity index (χ3v) is 3.40. The number of carbonyl (C=O) groups is 1. The first-order chi connectivity index (χ1) is 9.47. The number of benzene rings is 1. The van der Waals surface area contributed by atoms with Crippen LogP contribution in [0.5, 0.6) is 0 Å².